The molecule has 1 saturated heterocycles. The van der Waals surface area contributed by atoms with E-state index in [1.165, 1.54) is 4.90 Å². The van der Waals surface area contributed by atoms with Gasteiger partial charge in [-0.25, -0.2) is 9.69 Å². The largest absolute Gasteiger partial charge is 0.481 e. The minimum Gasteiger partial charge on any atom is -0.481 e. The number of carboxylic acid groups (broad SMARTS) is 1. The average molecular weight is 542 g/mol. The number of ether oxygens (including phenoxy) is 1. The molecule has 0 spiro atoms. The molecule has 4 rings (SSSR count). The fourth-order valence-electron chi connectivity index (χ4n) is 6.39. The topological polar surface area (TPSA) is 93.1 Å². The molecule has 1 aliphatic heterocycles. The van der Waals surface area contributed by atoms with Crippen molar-refractivity contribution in [1.29, 1.82) is 0 Å². The van der Waals surface area contributed by atoms with Crippen LogP contribution in [0.3, 0.4) is 0 Å². The van der Waals surface area contributed by atoms with Crippen molar-refractivity contribution in [3.8, 4) is 0 Å². The molecule has 1 aromatic rings. The van der Waals surface area contributed by atoms with Crippen LogP contribution in [0, 0.1) is 29.6 Å². The molecule has 2 amide bonds. The van der Waals surface area contributed by atoms with Gasteiger partial charge in [0.1, 0.15) is 6.61 Å². The number of fused-ring (bicyclic) bond motifs is 2. The number of amides is 2. The Labute approximate surface area is 227 Å². The summed E-state index contributed by atoms with van der Waals surface area (Å²) in [7, 11) is -2.28. The van der Waals surface area contributed by atoms with E-state index in [9.17, 15) is 19.5 Å². The van der Waals surface area contributed by atoms with E-state index in [4.69, 9.17) is 9.16 Å². The van der Waals surface area contributed by atoms with E-state index in [1.54, 1.807) is 0 Å². The second-order valence-corrected chi connectivity index (χ2v) is 17.2. The minimum atomic E-state index is -2.28. The molecule has 2 aliphatic carbocycles. The first-order valence-corrected chi connectivity index (χ1v) is 16.9. The van der Waals surface area contributed by atoms with E-state index in [0.29, 0.717) is 5.92 Å². The van der Waals surface area contributed by atoms with Crippen LogP contribution in [0.15, 0.2) is 42.0 Å². The molecule has 1 saturated carbocycles. The molecule has 0 aromatic heterocycles. The van der Waals surface area contributed by atoms with Crippen molar-refractivity contribution in [3.63, 3.8) is 0 Å². The molecule has 208 valence electrons. The highest BCUT2D eigenvalue weighted by atomic mass is 28.4. The van der Waals surface area contributed by atoms with Crippen molar-refractivity contribution in [2.24, 2.45) is 29.6 Å². The number of likely N-dealkylation sites (tertiary alicyclic amines) is 1. The van der Waals surface area contributed by atoms with Gasteiger partial charge in [-0.15, -0.1) is 0 Å². The summed E-state index contributed by atoms with van der Waals surface area (Å²) in [5.74, 6) is -3.19. The Bertz CT molecular complexity index is 1080. The first-order valence-electron chi connectivity index (χ1n) is 14.0. The minimum absolute atomic E-state index is 0.0407. The van der Waals surface area contributed by atoms with Crippen molar-refractivity contribution in [2.45, 2.75) is 84.2 Å². The summed E-state index contributed by atoms with van der Waals surface area (Å²) in [6, 6.07) is 8.74. The highest BCUT2D eigenvalue weighted by Gasteiger charge is 2.59. The second kappa shape index (κ2) is 11.0. The van der Waals surface area contributed by atoms with Crippen LogP contribution in [0.4, 0.5) is 4.79 Å². The molecular weight excluding hydrogens is 498 g/mol. The van der Waals surface area contributed by atoms with Crippen LogP contribution >= 0.6 is 0 Å². The van der Waals surface area contributed by atoms with E-state index in [0.717, 1.165) is 36.8 Å². The number of rotatable bonds is 8. The molecule has 1 heterocycles. The molecule has 1 aromatic carbocycles. The molecule has 8 heteroatoms. The predicted octanol–water partition coefficient (Wildman–Crippen LogP) is 6.26. The number of allylic oxidation sites excluding steroid dienone is 1. The Morgan fingerprint density at radius 1 is 1.16 bits per heavy atom. The zero-order valence-electron chi connectivity index (χ0n) is 23.6. The Morgan fingerprint density at radius 2 is 1.84 bits per heavy atom. The Balaban J connectivity index is 1.67. The van der Waals surface area contributed by atoms with Crippen LogP contribution < -0.4 is 0 Å². The van der Waals surface area contributed by atoms with Gasteiger partial charge in [0.25, 0.3) is 0 Å². The summed E-state index contributed by atoms with van der Waals surface area (Å²) in [6.45, 7) is 13.4. The van der Waals surface area contributed by atoms with Gasteiger partial charge in [-0.2, -0.15) is 0 Å². The number of nitrogens with zero attached hydrogens (tertiary/aromatic N) is 1. The zero-order chi connectivity index (χ0) is 27.8. The van der Waals surface area contributed by atoms with Gasteiger partial charge in [0.2, 0.25) is 5.91 Å². The monoisotopic (exact) mass is 541 g/mol. The van der Waals surface area contributed by atoms with Crippen LogP contribution in [-0.4, -0.2) is 48.9 Å². The van der Waals surface area contributed by atoms with E-state index >= 15 is 0 Å². The Kier molecular flexibility index (Phi) is 8.24. The first kappa shape index (κ1) is 28.6. The highest BCUT2D eigenvalue weighted by Crippen LogP contribution is 2.51. The summed E-state index contributed by atoms with van der Waals surface area (Å²) in [5.41, 5.74) is 1.95. The standard InChI is InChI=1S/C30H43NO6Si/c1-19(2)30(3,4)38(5,6)37-18-24-23-16-21-14-10-11-15-22(21)26(28(33)34)25(23)27(32)31(24)29(35)36-17-20-12-8-7-9-13-20/h7-9,12-13,16,19,22-26H,10-11,14-15,17-18H2,1-6H3,(H,33,34)/t22-,23-,24+,25+,26-/m0/s1. The lowest BCUT2D eigenvalue weighted by atomic mass is 9.63. The summed E-state index contributed by atoms with van der Waals surface area (Å²) in [6.07, 6.45) is 4.98. The molecule has 0 bridgehead atoms. The highest BCUT2D eigenvalue weighted by molar-refractivity contribution is 6.74. The third-order valence-corrected chi connectivity index (χ3v) is 14.5. The molecule has 5 atom stereocenters. The summed E-state index contributed by atoms with van der Waals surface area (Å²) < 4.78 is 12.3. The third-order valence-electron chi connectivity index (χ3n) is 9.94. The normalized spacial score (nSPS) is 27.6. The lowest BCUT2D eigenvalue weighted by molar-refractivity contribution is -0.150. The van der Waals surface area contributed by atoms with E-state index in [-0.39, 0.29) is 24.2 Å². The number of carbonyl (C=O) groups is 3. The van der Waals surface area contributed by atoms with Crippen molar-refractivity contribution in [1.82, 2.24) is 4.90 Å². The quantitative estimate of drug-likeness (QED) is 0.309. The summed E-state index contributed by atoms with van der Waals surface area (Å²) >= 11 is 0. The van der Waals surface area contributed by atoms with Crippen LogP contribution in [0.2, 0.25) is 18.1 Å². The number of carboxylic acids is 1. The van der Waals surface area contributed by atoms with Gasteiger partial charge in [0, 0.05) is 5.92 Å². The zero-order valence-corrected chi connectivity index (χ0v) is 24.6. The van der Waals surface area contributed by atoms with Gasteiger partial charge in [-0.05, 0) is 54.8 Å². The van der Waals surface area contributed by atoms with Crippen LogP contribution in [0.25, 0.3) is 0 Å². The van der Waals surface area contributed by atoms with Gasteiger partial charge >= 0.3 is 12.1 Å². The van der Waals surface area contributed by atoms with Crippen molar-refractivity contribution in [2.75, 3.05) is 6.61 Å². The molecule has 0 unspecified atom stereocenters. The fourth-order valence-corrected chi connectivity index (χ4v) is 8.74. The maximum atomic E-state index is 13.9. The van der Waals surface area contributed by atoms with Crippen molar-refractivity contribution in [3.05, 3.63) is 47.5 Å². The average Bonchev–Trinajstić information content (AvgIpc) is 3.15. The van der Waals surface area contributed by atoms with Gasteiger partial charge < -0.3 is 14.3 Å². The molecule has 7 nitrogen and oxygen atoms in total. The number of benzene rings is 1. The van der Waals surface area contributed by atoms with Crippen LogP contribution in [0.1, 0.15) is 58.9 Å². The van der Waals surface area contributed by atoms with Crippen molar-refractivity contribution >= 4 is 26.3 Å². The maximum Gasteiger partial charge on any atom is 0.417 e. The molecule has 1 N–H and O–H groups in total. The first-order chi connectivity index (χ1) is 17.9. The Hall–Kier alpha value is -2.45. The smallest absolute Gasteiger partial charge is 0.417 e. The van der Waals surface area contributed by atoms with E-state index < -0.39 is 50.1 Å². The van der Waals surface area contributed by atoms with Gasteiger partial charge in [-0.3, -0.25) is 9.59 Å². The lowest BCUT2D eigenvalue weighted by Crippen LogP contribution is -2.50. The molecule has 38 heavy (non-hydrogen) atoms. The number of aliphatic carboxylic acids is 1. The SMILES string of the molecule is CC(C)C(C)(C)[Si](C)(C)OC[C@@H]1[C@@H]2C=C3CCCC[C@@H]3[C@H](C(=O)O)[C@@H]2C(=O)N1C(=O)OCc1ccccc1. The maximum absolute atomic E-state index is 13.9. The number of hydrogen-bond donors (Lipinski definition) is 1. The third kappa shape index (κ3) is 5.22. The molecular formula is C30H43NO6Si. The molecule has 0 radical (unpaired) electrons. The van der Waals surface area contributed by atoms with Gasteiger partial charge in [0.05, 0.1) is 24.5 Å². The van der Waals surface area contributed by atoms with Crippen molar-refractivity contribution < 1.29 is 28.7 Å². The van der Waals surface area contributed by atoms with E-state index in [1.807, 2.05) is 30.3 Å². The summed E-state index contributed by atoms with van der Waals surface area (Å²) in [5, 5.41) is 10.2. The number of hydrogen-bond acceptors (Lipinski definition) is 5. The predicted molar refractivity (Wildman–Crippen MR) is 148 cm³/mol. The lowest BCUT2D eigenvalue weighted by Gasteiger charge is -2.44. The Morgan fingerprint density at radius 3 is 2.47 bits per heavy atom. The molecule has 2 fully saturated rings. The van der Waals surface area contributed by atoms with Crippen LogP contribution in [0.5, 0.6) is 0 Å². The molecule has 3 aliphatic rings. The van der Waals surface area contributed by atoms with Crippen LogP contribution in [-0.2, 0) is 25.4 Å². The van der Waals surface area contributed by atoms with E-state index in [2.05, 4.69) is 46.9 Å². The number of carbonyl (C=O) groups excluding carboxylic acids is 2. The fraction of sp³-hybridized carbons (Fsp3) is 0.633. The van der Waals surface area contributed by atoms with Gasteiger partial charge in [-0.1, -0.05) is 76.1 Å². The summed E-state index contributed by atoms with van der Waals surface area (Å²) in [4.78, 5) is 41.2. The second-order valence-electron chi connectivity index (χ2n) is 12.6. The number of imide groups is 1. The van der Waals surface area contributed by atoms with Gasteiger partial charge in [0.15, 0.2) is 8.32 Å².